The molecular formula is C41H49ClN4O8. The van der Waals surface area contributed by atoms with Crippen molar-refractivity contribution >= 4 is 28.6 Å². The maximum atomic E-state index is 11.9. The lowest BCUT2D eigenvalue weighted by Crippen LogP contribution is -2.32. The number of methoxy groups -OCH3 is 4. The number of hydrogen-bond acceptors (Lipinski definition) is 10. The highest BCUT2D eigenvalue weighted by molar-refractivity contribution is 6.31. The quantitative estimate of drug-likeness (QED) is 0.103. The number of nitriles is 1. The maximum absolute atomic E-state index is 11.9. The fourth-order valence-corrected chi connectivity index (χ4v) is 6.38. The third-order valence-corrected chi connectivity index (χ3v) is 9.63. The van der Waals surface area contributed by atoms with Gasteiger partial charge < -0.3 is 38.0 Å². The summed E-state index contributed by atoms with van der Waals surface area (Å²) in [7, 11) is 8.67. The normalized spacial score (nSPS) is 12.1. The fourth-order valence-electron chi connectivity index (χ4n) is 6.21. The number of carbonyl (C=O) groups excluding carboxylic acids is 1. The molecule has 2 heterocycles. The number of likely N-dealkylation sites (N-methyl/N-ethyl adjacent to an activating group) is 1. The van der Waals surface area contributed by atoms with E-state index in [1.54, 1.807) is 52.7 Å². The summed E-state index contributed by atoms with van der Waals surface area (Å²) in [5, 5.41) is 13.4. The van der Waals surface area contributed by atoms with E-state index in [-0.39, 0.29) is 24.9 Å². The monoisotopic (exact) mass is 760 g/mol. The molecular weight excluding hydrogens is 712 g/mol. The van der Waals surface area contributed by atoms with Crippen molar-refractivity contribution in [2.75, 3.05) is 48.6 Å². The second-order valence-electron chi connectivity index (χ2n) is 13.1. The van der Waals surface area contributed by atoms with Gasteiger partial charge in [0.05, 0.1) is 58.2 Å². The van der Waals surface area contributed by atoms with Gasteiger partial charge in [-0.2, -0.15) is 5.26 Å². The van der Waals surface area contributed by atoms with E-state index in [1.165, 1.54) is 22.5 Å². The van der Waals surface area contributed by atoms with Crippen LogP contribution in [0.2, 0.25) is 5.02 Å². The minimum atomic E-state index is -0.597. The summed E-state index contributed by atoms with van der Waals surface area (Å²) in [5.41, 5.74) is 2.48. The molecule has 13 heteroatoms. The first-order chi connectivity index (χ1) is 26.0. The van der Waals surface area contributed by atoms with Crippen molar-refractivity contribution in [1.29, 1.82) is 5.26 Å². The third-order valence-electron chi connectivity index (χ3n) is 9.40. The number of oxazole rings is 1. The zero-order chi connectivity index (χ0) is 39.3. The molecule has 0 saturated heterocycles. The molecule has 0 fully saturated rings. The van der Waals surface area contributed by atoms with Crippen molar-refractivity contribution in [1.82, 2.24) is 14.8 Å². The lowest BCUT2D eigenvalue weighted by Gasteiger charge is -2.32. The number of fused-ring (bicyclic) bond motifs is 1. The van der Waals surface area contributed by atoms with Crippen molar-refractivity contribution < 1.29 is 32.6 Å². The van der Waals surface area contributed by atoms with Crippen molar-refractivity contribution in [3.63, 3.8) is 0 Å². The topological polar surface area (TPSA) is 141 Å². The van der Waals surface area contributed by atoms with E-state index in [4.69, 9.17) is 39.4 Å². The average molecular weight is 761 g/mol. The largest absolute Gasteiger partial charge is 0.493 e. The Labute approximate surface area is 321 Å². The van der Waals surface area contributed by atoms with E-state index >= 15 is 0 Å². The molecule has 0 bridgehead atoms. The van der Waals surface area contributed by atoms with E-state index in [2.05, 4.69) is 43.2 Å². The number of amides is 1. The highest BCUT2D eigenvalue weighted by Gasteiger charge is 2.36. The minimum Gasteiger partial charge on any atom is -0.493 e. The first-order valence-corrected chi connectivity index (χ1v) is 18.0. The Bertz CT molecular complexity index is 2070. The zero-order valence-electron chi connectivity index (χ0n) is 31.9. The van der Waals surface area contributed by atoms with Crippen molar-refractivity contribution in [3.8, 4) is 29.1 Å². The van der Waals surface area contributed by atoms with Crippen LogP contribution in [-0.4, -0.2) is 64.0 Å². The molecule has 0 aliphatic carbocycles. The highest BCUT2D eigenvalue weighted by atomic mass is 35.5. The number of furan rings is 1. The maximum Gasteiger partial charge on any atom is 0.420 e. The van der Waals surface area contributed by atoms with E-state index in [0.29, 0.717) is 33.4 Å². The SMILES string of the molecule is COc1ccc(CCN(C)CCCC(C#N)(c2ccc(OC)c(OC)c2)C(C)C)cc1OC.O=C(Cn1c(=O)oc2cc(Cl)ccc21)NCc1ccco1. The van der Waals surface area contributed by atoms with Gasteiger partial charge >= 0.3 is 5.76 Å². The summed E-state index contributed by atoms with van der Waals surface area (Å²) in [5.74, 6) is 2.72. The molecule has 0 spiro atoms. The predicted octanol–water partition coefficient (Wildman–Crippen LogP) is 7.25. The number of carbonyl (C=O) groups is 1. The first kappa shape index (κ1) is 41.4. The molecule has 5 aromatic rings. The Balaban J connectivity index is 0.000000264. The summed E-state index contributed by atoms with van der Waals surface area (Å²) in [4.78, 5) is 26.0. The molecule has 1 unspecified atom stereocenters. The Hall–Kier alpha value is -5.38. The number of ether oxygens (including phenoxy) is 4. The molecule has 0 aliphatic rings. The molecule has 1 N–H and O–H groups in total. The second-order valence-corrected chi connectivity index (χ2v) is 13.5. The Morgan fingerprint density at radius 2 is 1.63 bits per heavy atom. The van der Waals surface area contributed by atoms with Gasteiger partial charge in [-0.25, -0.2) is 4.79 Å². The highest BCUT2D eigenvalue weighted by Crippen LogP contribution is 2.40. The van der Waals surface area contributed by atoms with Crippen molar-refractivity contribution in [2.24, 2.45) is 5.92 Å². The van der Waals surface area contributed by atoms with Crippen LogP contribution in [0.5, 0.6) is 23.0 Å². The van der Waals surface area contributed by atoms with Crippen molar-refractivity contribution in [2.45, 2.75) is 51.6 Å². The number of aromatic nitrogens is 1. The van der Waals surface area contributed by atoms with Crippen molar-refractivity contribution in [3.05, 3.63) is 105 Å². The smallest absolute Gasteiger partial charge is 0.420 e. The van der Waals surface area contributed by atoms with Crippen LogP contribution in [0.1, 0.15) is 43.6 Å². The van der Waals surface area contributed by atoms with E-state index in [0.717, 1.165) is 49.4 Å². The number of benzene rings is 3. The first-order valence-electron chi connectivity index (χ1n) is 17.6. The number of nitrogens with zero attached hydrogens (tertiary/aromatic N) is 3. The van der Waals surface area contributed by atoms with Gasteiger partial charge in [0, 0.05) is 17.6 Å². The summed E-state index contributed by atoms with van der Waals surface area (Å²) in [6.07, 6.45) is 4.14. The molecule has 12 nitrogen and oxygen atoms in total. The number of nitrogens with one attached hydrogen (secondary N) is 1. The number of hydrogen-bond donors (Lipinski definition) is 1. The third kappa shape index (κ3) is 10.4. The molecule has 0 saturated carbocycles. The van der Waals surface area contributed by atoms with Crippen LogP contribution in [-0.2, 0) is 29.7 Å². The Kier molecular flexibility index (Phi) is 15.0. The van der Waals surface area contributed by atoms with Crippen LogP contribution < -0.4 is 30.0 Å². The average Bonchev–Trinajstić information content (AvgIpc) is 3.81. The van der Waals surface area contributed by atoms with Gasteiger partial charge in [-0.3, -0.25) is 9.36 Å². The lowest BCUT2D eigenvalue weighted by atomic mass is 9.69. The Morgan fingerprint density at radius 1 is 0.944 bits per heavy atom. The van der Waals surface area contributed by atoms with E-state index in [9.17, 15) is 14.9 Å². The minimum absolute atomic E-state index is 0.131. The summed E-state index contributed by atoms with van der Waals surface area (Å²) >= 11 is 5.83. The lowest BCUT2D eigenvalue weighted by molar-refractivity contribution is -0.121. The van der Waals surface area contributed by atoms with Gasteiger partial charge in [-0.1, -0.05) is 37.6 Å². The molecule has 0 aliphatic heterocycles. The molecule has 0 radical (unpaired) electrons. The molecule has 5 rings (SSSR count). The summed E-state index contributed by atoms with van der Waals surface area (Å²) in [6, 6.07) is 22.8. The number of rotatable bonds is 17. The molecule has 3 aromatic carbocycles. The van der Waals surface area contributed by atoms with Gasteiger partial charge in [0.25, 0.3) is 0 Å². The van der Waals surface area contributed by atoms with Crippen LogP contribution >= 0.6 is 11.6 Å². The van der Waals surface area contributed by atoms with Crippen LogP contribution in [0.3, 0.4) is 0 Å². The molecule has 288 valence electrons. The Morgan fingerprint density at radius 3 is 2.26 bits per heavy atom. The second kappa shape index (κ2) is 19.6. The van der Waals surface area contributed by atoms with Gasteiger partial charge in [0.15, 0.2) is 28.6 Å². The summed E-state index contributed by atoms with van der Waals surface area (Å²) in [6.45, 7) is 6.20. The van der Waals surface area contributed by atoms with E-state index < -0.39 is 11.2 Å². The zero-order valence-corrected chi connectivity index (χ0v) is 32.7. The molecule has 1 amide bonds. The van der Waals surface area contributed by atoms with Gasteiger partial charge in [-0.15, -0.1) is 0 Å². The van der Waals surface area contributed by atoms with Gasteiger partial charge in [0.2, 0.25) is 5.91 Å². The van der Waals surface area contributed by atoms with Crippen LogP contribution in [0.15, 0.2) is 86.6 Å². The fraction of sp³-hybridized carbons (Fsp3) is 0.390. The molecule has 1 atom stereocenters. The van der Waals surface area contributed by atoms with Crippen LogP contribution in [0.25, 0.3) is 11.1 Å². The molecule has 2 aromatic heterocycles. The summed E-state index contributed by atoms with van der Waals surface area (Å²) < 4.78 is 33.0. The van der Waals surface area contributed by atoms with Gasteiger partial charge in [0.1, 0.15) is 12.3 Å². The van der Waals surface area contributed by atoms with Crippen LogP contribution in [0.4, 0.5) is 0 Å². The van der Waals surface area contributed by atoms with Crippen LogP contribution in [0, 0.1) is 17.2 Å². The molecule has 54 heavy (non-hydrogen) atoms. The van der Waals surface area contributed by atoms with E-state index in [1.807, 2.05) is 30.3 Å². The predicted molar refractivity (Wildman–Crippen MR) is 208 cm³/mol. The van der Waals surface area contributed by atoms with Gasteiger partial charge in [-0.05, 0) is 98.4 Å². The standard InChI is InChI=1S/C27H38N2O4.C14H11ClN2O4/c1-20(2)27(19-28,22-10-12-24(31-5)26(18-22)33-7)14-8-15-29(3)16-13-21-9-11-23(30-4)25(17-21)32-6;15-9-3-4-11-12(6-9)21-14(19)17(11)8-13(18)16-7-10-2-1-5-20-10/h9-12,17-18,20H,8,13-16H2,1-7H3;1-6H,7-8H2,(H,16,18). The number of halogens is 1.